The minimum Gasteiger partial charge on any atom is -0.313 e. The van der Waals surface area contributed by atoms with E-state index >= 15 is 0 Å². The number of rotatable bonds is 5. The number of likely N-dealkylation sites (tertiary alicyclic amines) is 1. The van der Waals surface area contributed by atoms with Gasteiger partial charge in [0.05, 0.1) is 0 Å². The van der Waals surface area contributed by atoms with Crippen molar-refractivity contribution in [3.63, 3.8) is 0 Å². The van der Waals surface area contributed by atoms with E-state index in [2.05, 4.69) is 31.0 Å². The maximum absolute atomic E-state index is 3.82. The second kappa shape index (κ2) is 5.71. The third-order valence-corrected chi connectivity index (χ3v) is 4.78. The van der Waals surface area contributed by atoms with E-state index in [1.54, 1.807) is 0 Å². The molecule has 2 atom stereocenters. The van der Waals surface area contributed by atoms with Gasteiger partial charge in [-0.2, -0.15) is 0 Å². The maximum atomic E-state index is 3.82. The van der Waals surface area contributed by atoms with Gasteiger partial charge >= 0.3 is 0 Å². The van der Waals surface area contributed by atoms with Crippen molar-refractivity contribution in [1.29, 1.82) is 0 Å². The molecule has 0 spiro atoms. The standard InChI is InChI=1S/C15H30N2/c1-4-9-16-14-13(7-8-15(14,2)3)12-17-10-5-6-11-17/h13-14,16H,4-12H2,1-3H3. The molecule has 1 aliphatic carbocycles. The van der Waals surface area contributed by atoms with Crippen molar-refractivity contribution in [3.8, 4) is 0 Å². The Bertz CT molecular complexity index is 231. The molecule has 2 unspecified atom stereocenters. The fourth-order valence-electron chi connectivity index (χ4n) is 3.75. The van der Waals surface area contributed by atoms with Gasteiger partial charge in [-0.15, -0.1) is 0 Å². The third kappa shape index (κ3) is 3.23. The zero-order valence-electron chi connectivity index (χ0n) is 12.0. The monoisotopic (exact) mass is 238 g/mol. The van der Waals surface area contributed by atoms with Crippen molar-refractivity contribution in [3.05, 3.63) is 0 Å². The highest BCUT2D eigenvalue weighted by atomic mass is 15.1. The Balaban J connectivity index is 1.90. The highest BCUT2D eigenvalue weighted by Gasteiger charge is 2.41. The molecule has 17 heavy (non-hydrogen) atoms. The summed E-state index contributed by atoms with van der Waals surface area (Å²) < 4.78 is 0. The van der Waals surface area contributed by atoms with Crippen molar-refractivity contribution in [2.45, 2.75) is 58.9 Å². The van der Waals surface area contributed by atoms with Gasteiger partial charge in [-0.25, -0.2) is 0 Å². The SMILES string of the molecule is CCCNC1C(CN2CCCC2)CCC1(C)C. The summed E-state index contributed by atoms with van der Waals surface area (Å²) in [6.07, 6.45) is 6.91. The Morgan fingerprint density at radius 2 is 1.94 bits per heavy atom. The van der Waals surface area contributed by atoms with Gasteiger partial charge in [-0.05, 0) is 63.1 Å². The molecule has 0 aromatic carbocycles. The molecular formula is C15H30N2. The van der Waals surface area contributed by atoms with Crippen LogP contribution in [0.5, 0.6) is 0 Å². The van der Waals surface area contributed by atoms with E-state index < -0.39 is 0 Å². The predicted molar refractivity (Wildman–Crippen MR) is 74.3 cm³/mol. The predicted octanol–water partition coefficient (Wildman–Crippen LogP) is 2.89. The molecule has 2 nitrogen and oxygen atoms in total. The van der Waals surface area contributed by atoms with Crippen LogP contribution in [0.4, 0.5) is 0 Å². The summed E-state index contributed by atoms with van der Waals surface area (Å²) in [4.78, 5) is 2.69. The van der Waals surface area contributed by atoms with Crippen LogP contribution in [0.15, 0.2) is 0 Å². The summed E-state index contributed by atoms with van der Waals surface area (Å²) in [5, 5.41) is 3.82. The Labute approximate surface area is 107 Å². The average Bonchev–Trinajstić information content (AvgIpc) is 2.86. The molecule has 1 aliphatic heterocycles. The van der Waals surface area contributed by atoms with Gasteiger partial charge in [0.25, 0.3) is 0 Å². The molecule has 0 radical (unpaired) electrons. The molecule has 1 saturated carbocycles. The summed E-state index contributed by atoms with van der Waals surface area (Å²) in [5.74, 6) is 0.884. The lowest BCUT2D eigenvalue weighted by Crippen LogP contribution is -2.45. The highest BCUT2D eigenvalue weighted by Crippen LogP contribution is 2.41. The van der Waals surface area contributed by atoms with Crippen molar-refractivity contribution in [2.24, 2.45) is 11.3 Å². The molecule has 2 aliphatic rings. The van der Waals surface area contributed by atoms with Gasteiger partial charge in [-0.1, -0.05) is 20.8 Å². The van der Waals surface area contributed by atoms with Crippen LogP contribution in [0, 0.1) is 11.3 Å². The van der Waals surface area contributed by atoms with Crippen LogP contribution in [0.1, 0.15) is 52.9 Å². The molecule has 0 aromatic heterocycles. The summed E-state index contributed by atoms with van der Waals surface area (Å²) in [6.45, 7) is 12.4. The largest absolute Gasteiger partial charge is 0.313 e. The number of nitrogens with one attached hydrogen (secondary N) is 1. The van der Waals surface area contributed by atoms with Crippen molar-refractivity contribution >= 4 is 0 Å². The first-order valence-electron chi connectivity index (χ1n) is 7.59. The normalized spacial score (nSPS) is 33.4. The fourth-order valence-corrected chi connectivity index (χ4v) is 3.75. The second-order valence-corrected chi connectivity index (χ2v) is 6.73. The quantitative estimate of drug-likeness (QED) is 0.792. The van der Waals surface area contributed by atoms with Crippen LogP contribution in [-0.4, -0.2) is 37.1 Å². The van der Waals surface area contributed by atoms with Crippen molar-refractivity contribution in [1.82, 2.24) is 10.2 Å². The Morgan fingerprint density at radius 3 is 2.59 bits per heavy atom. The zero-order chi connectivity index (χ0) is 12.3. The average molecular weight is 238 g/mol. The minimum absolute atomic E-state index is 0.500. The molecule has 0 aromatic rings. The minimum atomic E-state index is 0.500. The lowest BCUT2D eigenvalue weighted by Gasteiger charge is -2.33. The molecule has 2 fully saturated rings. The van der Waals surface area contributed by atoms with E-state index in [1.807, 2.05) is 0 Å². The van der Waals surface area contributed by atoms with Gasteiger partial charge < -0.3 is 10.2 Å². The number of nitrogens with zero attached hydrogens (tertiary/aromatic N) is 1. The molecule has 1 N–H and O–H groups in total. The first-order chi connectivity index (χ1) is 8.13. The molecule has 1 heterocycles. The topological polar surface area (TPSA) is 15.3 Å². The molecule has 2 rings (SSSR count). The molecule has 0 amide bonds. The summed E-state index contributed by atoms with van der Waals surface area (Å²) in [6, 6.07) is 0.739. The van der Waals surface area contributed by atoms with Crippen LogP contribution in [0.3, 0.4) is 0 Å². The van der Waals surface area contributed by atoms with Crippen LogP contribution < -0.4 is 5.32 Å². The fraction of sp³-hybridized carbons (Fsp3) is 1.00. The van der Waals surface area contributed by atoms with E-state index in [1.165, 1.54) is 58.3 Å². The van der Waals surface area contributed by atoms with Crippen LogP contribution in [-0.2, 0) is 0 Å². The lowest BCUT2D eigenvalue weighted by atomic mass is 9.84. The highest BCUT2D eigenvalue weighted by molar-refractivity contribution is 4.97. The van der Waals surface area contributed by atoms with Gasteiger partial charge in [0.1, 0.15) is 0 Å². The van der Waals surface area contributed by atoms with Gasteiger partial charge in [0.2, 0.25) is 0 Å². The number of hydrogen-bond donors (Lipinski definition) is 1. The number of hydrogen-bond acceptors (Lipinski definition) is 2. The molecule has 2 heteroatoms. The Kier molecular flexibility index (Phi) is 4.48. The second-order valence-electron chi connectivity index (χ2n) is 6.73. The maximum Gasteiger partial charge on any atom is 0.0159 e. The molecule has 1 saturated heterocycles. The van der Waals surface area contributed by atoms with Gasteiger partial charge in [0.15, 0.2) is 0 Å². The summed E-state index contributed by atoms with van der Waals surface area (Å²) in [5.41, 5.74) is 0.500. The Morgan fingerprint density at radius 1 is 1.24 bits per heavy atom. The summed E-state index contributed by atoms with van der Waals surface area (Å²) >= 11 is 0. The molecular weight excluding hydrogens is 208 g/mol. The first-order valence-corrected chi connectivity index (χ1v) is 7.59. The van der Waals surface area contributed by atoms with E-state index in [-0.39, 0.29) is 0 Å². The van der Waals surface area contributed by atoms with Crippen LogP contribution in [0.2, 0.25) is 0 Å². The van der Waals surface area contributed by atoms with Crippen LogP contribution in [0.25, 0.3) is 0 Å². The lowest BCUT2D eigenvalue weighted by molar-refractivity contribution is 0.203. The van der Waals surface area contributed by atoms with Crippen molar-refractivity contribution in [2.75, 3.05) is 26.2 Å². The van der Waals surface area contributed by atoms with Crippen LogP contribution >= 0.6 is 0 Å². The van der Waals surface area contributed by atoms with E-state index in [4.69, 9.17) is 0 Å². The Hall–Kier alpha value is -0.0800. The molecule has 100 valence electrons. The van der Waals surface area contributed by atoms with Crippen molar-refractivity contribution < 1.29 is 0 Å². The summed E-state index contributed by atoms with van der Waals surface area (Å²) in [7, 11) is 0. The smallest absolute Gasteiger partial charge is 0.0159 e. The van der Waals surface area contributed by atoms with E-state index in [0.29, 0.717) is 5.41 Å². The third-order valence-electron chi connectivity index (χ3n) is 4.78. The van der Waals surface area contributed by atoms with E-state index in [0.717, 1.165) is 12.0 Å². The van der Waals surface area contributed by atoms with E-state index in [9.17, 15) is 0 Å². The van der Waals surface area contributed by atoms with Gasteiger partial charge in [0, 0.05) is 12.6 Å². The first kappa shape index (κ1) is 13.4. The zero-order valence-corrected chi connectivity index (χ0v) is 12.0. The molecule has 0 bridgehead atoms. The van der Waals surface area contributed by atoms with Gasteiger partial charge in [-0.3, -0.25) is 0 Å².